The number of hydrogen-bond acceptors (Lipinski definition) is 5. The maximum absolute atomic E-state index is 12.5. The second kappa shape index (κ2) is 10.4. The van der Waals surface area contributed by atoms with Gasteiger partial charge in [-0.05, 0) is 55.5 Å². The molecular formula is C22H26BrN3O4. The lowest BCUT2D eigenvalue weighted by Crippen LogP contribution is -2.42. The molecule has 1 heterocycles. The number of nitrogens with zero attached hydrogens (tertiary/aromatic N) is 2. The molecule has 0 bridgehead atoms. The van der Waals surface area contributed by atoms with Crippen LogP contribution in [0.4, 0.5) is 11.4 Å². The first-order chi connectivity index (χ1) is 14.4. The first-order valence-corrected chi connectivity index (χ1v) is 10.6. The fourth-order valence-electron chi connectivity index (χ4n) is 3.15. The van der Waals surface area contributed by atoms with Gasteiger partial charge < -0.3 is 24.6 Å². The Labute approximate surface area is 185 Å². The summed E-state index contributed by atoms with van der Waals surface area (Å²) in [6, 6.07) is 14.9. The van der Waals surface area contributed by atoms with Crippen molar-refractivity contribution in [3.05, 3.63) is 53.0 Å². The van der Waals surface area contributed by atoms with Crippen LogP contribution in [-0.4, -0.2) is 62.7 Å². The van der Waals surface area contributed by atoms with Crippen molar-refractivity contribution in [3.63, 3.8) is 0 Å². The molecule has 160 valence electrons. The van der Waals surface area contributed by atoms with Crippen LogP contribution < -0.4 is 15.0 Å². The third kappa shape index (κ3) is 6.21. The molecule has 3 rings (SSSR count). The topological polar surface area (TPSA) is 71.1 Å². The average molecular weight is 476 g/mol. The van der Waals surface area contributed by atoms with Crippen molar-refractivity contribution < 1.29 is 19.1 Å². The van der Waals surface area contributed by atoms with E-state index in [1.165, 1.54) is 4.90 Å². The van der Waals surface area contributed by atoms with Gasteiger partial charge >= 0.3 is 0 Å². The smallest absolute Gasteiger partial charge is 0.263 e. The first-order valence-electron chi connectivity index (χ1n) is 9.82. The quantitative estimate of drug-likeness (QED) is 0.665. The maximum atomic E-state index is 12.5. The monoisotopic (exact) mass is 475 g/mol. The number of ether oxygens (including phenoxy) is 2. The molecule has 0 unspecified atom stereocenters. The van der Waals surface area contributed by atoms with Crippen LogP contribution in [0.1, 0.15) is 6.92 Å². The molecule has 2 aromatic rings. The molecule has 0 saturated carbocycles. The minimum absolute atomic E-state index is 0.0575. The minimum Gasteiger partial charge on any atom is -0.481 e. The van der Waals surface area contributed by atoms with Crippen molar-refractivity contribution in [3.8, 4) is 5.75 Å². The van der Waals surface area contributed by atoms with Crippen molar-refractivity contribution in [2.24, 2.45) is 0 Å². The van der Waals surface area contributed by atoms with Gasteiger partial charge in [0.1, 0.15) is 5.75 Å². The standard InChI is InChI=1S/C22H26BrN3O4/c1-16(30-20-9-3-17(23)4-10-20)22(28)25(2)15-21(27)24-18-5-7-19(8-6-18)26-11-13-29-14-12-26/h3-10,16H,11-15H2,1-2H3,(H,24,27)/t16-/m1/s1. The van der Waals surface area contributed by atoms with Crippen LogP contribution >= 0.6 is 15.9 Å². The molecule has 2 amide bonds. The van der Waals surface area contributed by atoms with Crippen LogP contribution in [0.25, 0.3) is 0 Å². The molecule has 0 spiro atoms. The van der Waals surface area contributed by atoms with Gasteiger partial charge in [0, 0.05) is 36.0 Å². The number of nitrogens with one attached hydrogen (secondary N) is 1. The van der Waals surface area contributed by atoms with E-state index in [9.17, 15) is 9.59 Å². The van der Waals surface area contributed by atoms with Gasteiger partial charge in [0.05, 0.1) is 19.8 Å². The number of likely N-dealkylation sites (N-methyl/N-ethyl adjacent to an activating group) is 1. The summed E-state index contributed by atoms with van der Waals surface area (Å²) < 4.78 is 12.0. The molecule has 1 aliphatic heterocycles. The van der Waals surface area contributed by atoms with Crippen LogP contribution in [0.5, 0.6) is 5.75 Å². The van der Waals surface area contributed by atoms with E-state index in [1.807, 2.05) is 36.4 Å². The van der Waals surface area contributed by atoms with Crippen LogP contribution in [0.2, 0.25) is 0 Å². The van der Waals surface area contributed by atoms with E-state index < -0.39 is 6.10 Å². The Bertz CT molecular complexity index is 852. The number of benzene rings is 2. The van der Waals surface area contributed by atoms with Gasteiger partial charge in [0.25, 0.3) is 5.91 Å². The number of carbonyl (C=O) groups is 2. The molecule has 2 aromatic carbocycles. The van der Waals surface area contributed by atoms with Crippen molar-refractivity contribution in [2.75, 3.05) is 50.1 Å². The Hall–Kier alpha value is -2.58. The summed E-state index contributed by atoms with van der Waals surface area (Å²) in [4.78, 5) is 28.5. The highest BCUT2D eigenvalue weighted by Crippen LogP contribution is 2.19. The van der Waals surface area contributed by atoms with E-state index in [0.29, 0.717) is 11.4 Å². The van der Waals surface area contributed by atoms with Gasteiger partial charge in [0.15, 0.2) is 6.10 Å². The number of amides is 2. The molecule has 30 heavy (non-hydrogen) atoms. The highest BCUT2D eigenvalue weighted by Gasteiger charge is 2.21. The number of morpholine rings is 1. The van der Waals surface area contributed by atoms with Crippen LogP contribution in [-0.2, 0) is 14.3 Å². The summed E-state index contributed by atoms with van der Waals surface area (Å²) >= 11 is 3.36. The molecule has 0 aliphatic carbocycles. The molecule has 1 saturated heterocycles. The van der Waals surface area contributed by atoms with E-state index in [2.05, 4.69) is 26.1 Å². The largest absolute Gasteiger partial charge is 0.481 e. The highest BCUT2D eigenvalue weighted by atomic mass is 79.9. The lowest BCUT2D eigenvalue weighted by molar-refractivity contribution is -0.139. The summed E-state index contributed by atoms with van der Waals surface area (Å²) in [5.74, 6) is 0.0637. The van der Waals surface area contributed by atoms with Crippen molar-refractivity contribution in [1.29, 1.82) is 0 Å². The van der Waals surface area contributed by atoms with Crippen LogP contribution in [0.15, 0.2) is 53.0 Å². The van der Waals surface area contributed by atoms with Gasteiger partial charge in [-0.2, -0.15) is 0 Å². The lowest BCUT2D eigenvalue weighted by atomic mass is 10.2. The van der Waals surface area contributed by atoms with Gasteiger partial charge in [0.2, 0.25) is 5.91 Å². The number of halogens is 1. The van der Waals surface area contributed by atoms with Crippen molar-refractivity contribution in [2.45, 2.75) is 13.0 Å². The summed E-state index contributed by atoms with van der Waals surface area (Å²) in [5, 5.41) is 2.83. The Morgan fingerprint density at radius 2 is 1.77 bits per heavy atom. The zero-order valence-corrected chi connectivity index (χ0v) is 18.7. The number of carbonyl (C=O) groups excluding carboxylic acids is 2. The predicted octanol–water partition coefficient (Wildman–Crippen LogP) is 3.15. The number of rotatable bonds is 7. The van der Waals surface area contributed by atoms with Crippen LogP contribution in [0.3, 0.4) is 0 Å². The fourth-order valence-corrected chi connectivity index (χ4v) is 3.41. The maximum Gasteiger partial charge on any atom is 0.263 e. The molecule has 0 aromatic heterocycles. The Balaban J connectivity index is 1.48. The molecule has 1 atom stereocenters. The Morgan fingerprint density at radius 3 is 2.40 bits per heavy atom. The minimum atomic E-state index is -0.697. The fraction of sp³-hybridized carbons (Fsp3) is 0.364. The van der Waals surface area contributed by atoms with Crippen LogP contribution in [0, 0.1) is 0 Å². The summed E-state index contributed by atoms with van der Waals surface area (Å²) in [6.07, 6.45) is -0.697. The number of anilines is 2. The van der Waals surface area contributed by atoms with E-state index in [0.717, 1.165) is 36.5 Å². The molecule has 1 N–H and O–H groups in total. The Morgan fingerprint density at radius 1 is 1.13 bits per heavy atom. The Kier molecular flexibility index (Phi) is 7.70. The third-order valence-electron chi connectivity index (χ3n) is 4.76. The second-order valence-corrected chi connectivity index (χ2v) is 8.02. The molecule has 7 nitrogen and oxygen atoms in total. The molecule has 1 aliphatic rings. The van der Waals surface area contributed by atoms with E-state index in [4.69, 9.17) is 9.47 Å². The zero-order valence-electron chi connectivity index (χ0n) is 17.1. The zero-order chi connectivity index (χ0) is 21.5. The van der Waals surface area contributed by atoms with Crippen molar-refractivity contribution in [1.82, 2.24) is 4.90 Å². The molecule has 0 radical (unpaired) electrons. The summed E-state index contributed by atoms with van der Waals surface area (Å²) in [5.41, 5.74) is 1.79. The molecular weight excluding hydrogens is 450 g/mol. The summed E-state index contributed by atoms with van der Waals surface area (Å²) in [6.45, 7) is 4.78. The molecule has 8 heteroatoms. The normalized spacial score (nSPS) is 14.7. The second-order valence-electron chi connectivity index (χ2n) is 7.10. The van der Waals surface area contributed by atoms with Gasteiger partial charge in [-0.15, -0.1) is 0 Å². The van der Waals surface area contributed by atoms with E-state index in [1.54, 1.807) is 26.1 Å². The lowest BCUT2D eigenvalue weighted by Gasteiger charge is -2.29. The summed E-state index contributed by atoms with van der Waals surface area (Å²) in [7, 11) is 1.59. The van der Waals surface area contributed by atoms with Gasteiger partial charge in [-0.1, -0.05) is 15.9 Å². The SMILES string of the molecule is C[C@@H](Oc1ccc(Br)cc1)C(=O)N(C)CC(=O)Nc1ccc(N2CCOCC2)cc1. The molecule has 1 fully saturated rings. The van der Waals surface area contributed by atoms with E-state index in [-0.39, 0.29) is 18.4 Å². The third-order valence-corrected chi connectivity index (χ3v) is 5.29. The van der Waals surface area contributed by atoms with E-state index >= 15 is 0 Å². The average Bonchev–Trinajstić information content (AvgIpc) is 2.75. The van der Waals surface area contributed by atoms with Crippen molar-refractivity contribution >= 4 is 39.1 Å². The highest BCUT2D eigenvalue weighted by molar-refractivity contribution is 9.10. The predicted molar refractivity (Wildman–Crippen MR) is 120 cm³/mol. The number of hydrogen-bond donors (Lipinski definition) is 1. The van der Waals surface area contributed by atoms with Gasteiger partial charge in [-0.25, -0.2) is 0 Å². The first kappa shape index (κ1) is 22.1. The van der Waals surface area contributed by atoms with Gasteiger partial charge in [-0.3, -0.25) is 9.59 Å².